The number of amides is 1. The summed E-state index contributed by atoms with van der Waals surface area (Å²) in [6, 6.07) is 19.6. The third-order valence-electron chi connectivity index (χ3n) is 5.21. The molecule has 0 aromatic heterocycles. The Balaban J connectivity index is 1.45. The monoisotopic (exact) mass is 336 g/mol. The first-order valence-corrected chi connectivity index (χ1v) is 9.08. The highest BCUT2D eigenvalue weighted by atomic mass is 16.6. The summed E-state index contributed by atoms with van der Waals surface area (Å²) in [5.74, 6) is 0.419. The van der Waals surface area contributed by atoms with E-state index in [1.165, 1.54) is 16.7 Å². The van der Waals surface area contributed by atoms with E-state index in [2.05, 4.69) is 59.5 Å². The maximum Gasteiger partial charge on any atom is 0.409 e. The van der Waals surface area contributed by atoms with E-state index in [0.29, 0.717) is 12.5 Å². The summed E-state index contributed by atoms with van der Waals surface area (Å²) in [6.45, 7) is 5.07. The predicted molar refractivity (Wildman–Crippen MR) is 97.5 cm³/mol. The van der Waals surface area contributed by atoms with Crippen LogP contribution >= 0.6 is 0 Å². The third-order valence-corrected chi connectivity index (χ3v) is 5.21. The molecule has 4 nitrogen and oxygen atoms in total. The van der Waals surface area contributed by atoms with Gasteiger partial charge in [0, 0.05) is 32.1 Å². The molecule has 0 saturated carbocycles. The second kappa shape index (κ2) is 7.28. The molecule has 4 rings (SSSR count). The smallest absolute Gasteiger partial charge is 0.409 e. The van der Waals surface area contributed by atoms with Crippen molar-refractivity contribution in [2.24, 2.45) is 0 Å². The molecule has 0 spiro atoms. The van der Waals surface area contributed by atoms with Gasteiger partial charge in [-0.2, -0.15) is 0 Å². The quantitative estimate of drug-likeness (QED) is 0.838. The Morgan fingerprint density at radius 2 is 1.80 bits per heavy atom. The summed E-state index contributed by atoms with van der Waals surface area (Å²) < 4.78 is 5.00. The molecule has 2 heterocycles. The summed E-state index contributed by atoms with van der Waals surface area (Å²) in [5.41, 5.74) is 4.25. The summed E-state index contributed by atoms with van der Waals surface area (Å²) >= 11 is 0. The SMILES string of the molecule is O=C1OCCN1CCCN1Cc2ccccc2[C@@H](c2ccccc2)C1. The minimum Gasteiger partial charge on any atom is -0.448 e. The lowest BCUT2D eigenvalue weighted by atomic mass is 9.84. The van der Waals surface area contributed by atoms with Gasteiger partial charge in [-0.15, -0.1) is 0 Å². The van der Waals surface area contributed by atoms with Crippen LogP contribution in [0.2, 0.25) is 0 Å². The number of carbonyl (C=O) groups excluding carboxylic acids is 1. The van der Waals surface area contributed by atoms with E-state index in [1.54, 1.807) is 0 Å². The van der Waals surface area contributed by atoms with E-state index < -0.39 is 0 Å². The molecule has 1 atom stereocenters. The van der Waals surface area contributed by atoms with Crippen molar-refractivity contribution in [3.63, 3.8) is 0 Å². The number of hydrogen-bond acceptors (Lipinski definition) is 3. The second-order valence-corrected chi connectivity index (χ2v) is 6.85. The Labute approximate surface area is 149 Å². The van der Waals surface area contributed by atoms with Crippen molar-refractivity contribution in [2.75, 3.05) is 32.8 Å². The van der Waals surface area contributed by atoms with Gasteiger partial charge < -0.3 is 9.64 Å². The van der Waals surface area contributed by atoms with Gasteiger partial charge in [-0.25, -0.2) is 4.79 Å². The molecule has 2 aliphatic rings. The van der Waals surface area contributed by atoms with E-state index >= 15 is 0 Å². The number of fused-ring (bicyclic) bond motifs is 1. The largest absolute Gasteiger partial charge is 0.448 e. The van der Waals surface area contributed by atoms with Gasteiger partial charge in [0.25, 0.3) is 0 Å². The molecule has 0 N–H and O–H groups in total. The molecule has 25 heavy (non-hydrogen) atoms. The van der Waals surface area contributed by atoms with Crippen LogP contribution in [0.4, 0.5) is 4.79 Å². The van der Waals surface area contributed by atoms with Crippen molar-refractivity contribution in [3.8, 4) is 0 Å². The van der Waals surface area contributed by atoms with Gasteiger partial charge in [0.05, 0.1) is 6.54 Å². The van der Waals surface area contributed by atoms with Gasteiger partial charge in [-0.3, -0.25) is 4.90 Å². The van der Waals surface area contributed by atoms with Crippen LogP contribution in [0.3, 0.4) is 0 Å². The Morgan fingerprint density at radius 3 is 2.60 bits per heavy atom. The van der Waals surface area contributed by atoms with E-state index in [0.717, 1.165) is 39.1 Å². The molecule has 2 aromatic rings. The van der Waals surface area contributed by atoms with Crippen LogP contribution in [0.1, 0.15) is 29.0 Å². The average molecular weight is 336 g/mol. The lowest BCUT2D eigenvalue weighted by Gasteiger charge is -2.35. The van der Waals surface area contributed by atoms with Crippen molar-refractivity contribution >= 4 is 6.09 Å². The normalized spacial score (nSPS) is 20.4. The van der Waals surface area contributed by atoms with Crippen molar-refractivity contribution in [2.45, 2.75) is 18.9 Å². The number of hydrogen-bond donors (Lipinski definition) is 0. The first-order valence-electron chi connectivity index (χ1n) is 9.08. The number of cyclic esters (lactones) is 1. The molecule has 2 aromatic carbocycles. The minimum absolute atomic E-state index is 0.161. The van der Waals surface area contributed by atoms with E-state index in [4.69, 9.17) is 4.74 Å². The summed E-state index contributed by atoms with van der Waals surface area (Å²) in [4.78, 5) is 15.9. The molecule has 0 unspecified atom stereocenters. The van der Waals surface area contributed by atoms with Crippen molar-refractivity contribution in [1.29, 1.82) is 0 Å². The Kier molecular flexibility index (Phi) is 4.70. The first-order chi connectivity index (χ1) is 12.3. The van der Waals surface area contributed by atoms with Crippen molar-refractivity contribution in [3.05, 3.63) is 71.3 Å². The van der Waals surface area contributed by atoms with Crippen LogP contribution in [-0.4, -0.2) is 48.7 Å². The minimum atomic E-state index is -0.161. The zero-order chi connectivity index (χ0) is 17.1. The number of nitrogens with zero attached hydrogens (tertiary/aromatic N) is 2. The fraction of sp³-hybridized carbons (Fsp3) is 0.381. The van der Waals surface area contributed by atoms with Gasteiger partial charge in [0.2, 0.25) is 0 Å². The molecular formula is C21H24N2O2. The number of carbonyl (C=O) groups is 1. The molecule has 2 aliphatic heterocycles. The number of ether oxygens (including phenoxy) is 1. The Bertz CT molecular complexity index is 732. The van der Waals surface area contributed by atoms with E-state index in [1.807, 2.05) is 4.90 Å². The molecule has 130 valence electrons. The Morgan fingerprint density at radius 1 is 1.00 bits per heavy atom. The average Bonchev–Trinajstić information content (AvgIpc) is 3.07. The molecule has 0 aliphatic carbocycles. The fourth-order valence-electron chi connectivity index (χ4n) is 3.93. The van der Waals surface area contributed by atoms with Crippen LogP contribution in [0.15, 0.2) is 54.6 Å². The van der Waals surface area contributed by atoms with E-state index in [9.17, 15) is 4.79 Å². The van der Waals surface area contributed by atoms with Crippen LogP contribution in [-0.2, 0) is 11.3 Å². The maximum absolute atomic E-state index is 11.5. The van der Waals surface area contributed by atoms with Gasteiger partial charge in [0.1, 0.15) is 6.61 Å². The zero-order valence-corrected chi connectivity index (χ0v) is 14.4. The number of benzene rings is 2. The maximum atomic E-state index is 11.5. The molecule has 0 bridgehead atoms. The molecule has 1 fully saturated rings. The van der Waals surface area contributed by atoms with Gasteiger partial charge >= 0.3 is 6.09 Å². The fourth-order valence-corrected chi connectivity index (χ4v) is 3.93. The van der Waals surface area contributed by atoms with Crippen LogP contribution in [0, 0.1) is 0 Å². The highest BCUT2D eigenvalue weighted by molar-refractivity contribution is 5.69. The highest BCUT2D eigenvalue weighted by Crippen LogP contribution is 2.33. The van der Waals surface area contributed by atoms with Gasteiger partial charge in [0.15, 0.2) is 0 Å². The number of rotatable bonds is 5. The molecule has 1 saturated heterocycles. The van der Waals surface area contributed by atoms with Crippen LogP contribution in [0.25, 0.3) is 0 Å². The summed E-state index contributed by atoms with van der Waals surface area (Å²) in [5, 5.41) is 0. The third kappa shape index (κ3) is 3.54. The molecular weight excluding hydrogens is 312 g/mol. The standard InChI is InChI=1S/C21H24N2O2/c24-21-23(13-14-25-21)12-6-11-22-15-18-9-4-5-10-19(18)20(16-22)17-7-2-1-3-8-17/h1-5,7-10,20H,6,11-16H2/t20-/m1/s1. The lowest BCUT2D eigenvalue weighted by Crippen LogP contribution is -2.36. The summed E-state index contributed by atoms with van der Waals surface area (Å²) in [6.07, 6.45) is 0.824. The molecule has 4 heteroatoms. The highest BCUT2D eigenvalue weighted by Gasteiger charge is 2.26. The van der Waals surface area contributed by atoms with Crippen LogP contribution in [0.5, 0.6) is 0 Å². The Hall–Kier alpha value is -2.33. The van der Waals surface area contributed by atoms with Gasteiger partial charge in [-0.05, 0) is 23.1 Å². The van der Waals surface area contributed by atoms with E-state index in [-0.39, 0.29) is 6.09 Å². The van der Waals surface area contributed by atoms with Crippen molar-refractivity contribution in [1.82, 2.24) is 9.80 Å². The van der Waals surface area contributed by atoms with Crippen LogP contribution < -0.4 is 0 Å². The topological polar surface area (TPSA) is 32.8 Å². The van der Waals surface area contributed by atoms with Crippen molar-refractivity contribution < 1.29 is 9.53 Å². The first kappa shape index (κ1) is 16.2. The molecule has 1 amide bonds. The lowest BCUT2D eigenvalue weighted by molar-refractivity contribution is 0.155. The predicted octanol–water partition coefficient (Wildman–Crippen LogP) is 3.48. The zero-order valence-electron chi connectivity index (χ0n) is 14.4. The summed E-state index contributed by atoms with van der Waals surface area (Å²) in [7, 11) is 0. The van der Waals surface area contributed by atoms with Gasteiger partial charge in [-0.1, -0.05) is 54.6 Å². The molecule has 0 radical (unpaired) electrons. The second-order valence-electron chi connectivity index (χ2n) is 6.85.